The fourth-order valence-corrected chi connectivity index (χ4v) is 2.58. The fraction of sp³-hybridized carbons (Fsp3) is 0.389. The summed E-state index contributed by atoms with van der Waals surface area (Å²) in [6.07, 6.45) is 3.47. The predicted molar refractivity (Wildman–Crippen MR) is 101 cm³/mol. The minimum absolute atomic E-state index is 0.196. The molecule has 0 saturated heterocycles. The third-order valence-corrected chi connectivity index (χ3v) is 4.04. The van der Waals surface area contributed by atoms with Crippen molar-refractivity contribution in [2.75, 3.05) is 26.6 Å². The number of ether oxygens (including phenoxy) is 3. The van der Waals surface area contributed by atoms with Crippen LogP contribution < -0.4 is 15.2 Å². The van der Waals surface area contributed by atoms with Crippen LogP contribution >= 0.6 is 0 Å². The van der Waals surface area contributed by atoms with Gasteiger partial charge in [0.2, 0.25) is 0 Å². The molecular formula is C18H22N6O4. The largest absolute Gasteiger partial charge is 0.468 e. The lowest BCUT2D eigenvalue weighted by atomic mass is 10.2. The highest BCUT2D eigenvalue weighted by Gasteiger charge is 2.18. The summed E-state index contributed by atoms with van der Waals surface area (Å²) in [4.78, 5) is 28.6. The van der Waals surface area contributed by atoms with Crippen LogP contribution in [0.3, 0.4) is 0 Å². The van der Waals surface area contributed by atoms with E-state index >= 15 is 0 Å². The zero-order chi connectivity index (χ0) is 20.1. The van der Waals surface area contributed by atoms with Gasteiger partial charge in [-0.3, -0.25) is 4.57 Å². The molecule has 0 radical (unpaired) electrons. The molecule has 0 saturated carbocycles. The maximum atomic E-state index is 11.5. The van der Waals surface area contributed by atoms with Crippen LogP contribution in [0.1, 0.15) is 35.8 Å². The lowest BCUT2D eigenvalue weighted by Crippen LogP contribution is -2.08. The summed E-state index contributed by atoms with van der Waals surface area (Å²) in [7, 11) is 2.82. The summed E-state index contributed by atoms with van der Waals surface area (Å²) >= 11 is 0. The standard InChI is InChI=1S/C18H22N6O4/c1-4-5-8-28-17-22-14(19)13-15(23-17)24(18(21-13)27-3)10-11-6-7-12(20-9-11)16(25)26-2/h6-7,9H,4-5,8,10H2,1-3H3,(H2,19,22,23). The number of esters is 1. The van der Waals surface area contributed by atoms with Gasteiger partial charge < -0.3 is 19.9 Å². The number of pyridine rings is 1. The van der Waals surface area contributed by atoms with Crippen molar-refractivity contribution in [1.82, 2.24) is 24.5 Å². The van der Waals surface area contributed by atoms with E-state index in [2.05, 4.69) is 31.6 Å². The molecule has 148 valence electrons. The summed E-state index contributed by atoms with van der Waals surface area (Å²) in [5.41, 5.74) is 8.00. The van der Waals surface area contributed by atoms with Crippen molar-refractivity contribution >= 4 is 23.0 Å². The average molecular weight is 386 g/mol. The van der Waals surface area contributed by atoms with Crippen molar-refractivity contribution < 1.29 is 19.0 Å². The Kier molecular flexibility index (Phi) is 5.87. The normalized spacial score (nSPS) is 10.8. The van der Waals surface area contributed by atoms with Gasteiger partial charge in [0.05, 0.1) is 27.4 Å². The third kappa shape index (κ3) is 3.95. The van der Waals surface area contributed by atoms with E-state index in [-0.39, 0.29) is 17.5 Å². The van der Waals surface area contributed by atoms with Gasteiger partial charge >= 0.3 is 12.0 Å². The number of hydrogen-bond donors (Lipinski definition) is 1. The van der Waals surface area contributed by atoms with Gasteiger partial charge in [0.15, 0.2) is 17.0 Å². The Labute approximate surface area is 161 Å². The fourth-order valence-electron chi connectivity index (χ4n) is 2.58. The zero-order valence-corrected chi connectivity index (χ0v) is 16.0. The minimum Gasteiger partial charge on any atom is -0.468 e. The molecule has 0 unspecified atom stereocenters. The first-order chi connectivity index (χ1) is 13.6. The molecule has 0 aliphatic heterocycles. The maximum absolute atomic E-state index is 11.5. The maximum Gasteiger partial charge on any atom is 0.356 e. The molecule has 0 amide bonds. The molecule has 0 aliphatic carbocycles. The Morgan fingerprint density at radius 2 is 2.04 bits per heavy atom. The number of anilines is 1. The zero-order valence-electron chi connectivity index (χ0n) is 16.0. The molecule has 10 heteroatoms. The average Bonchev–Trinajstić information content (AvgIpc) is 3.06. The van der Waals surface area contributed by atoms with Gasteiger partial charge in [0.25, 0.3) is 6.01 Å². The van der Waals surface area contributed by atoms with Gasteiger partial charge in [-0.2, -0.15) is 15.0 Å². The van der Waals surface area contributed by atoms with E-state index < -0.39 is 5.97 Å². The van der Waals surface area contributed by atoms with Crippen LogP contribution in [-0.4, -0.2) is 51.3 Å². The topological polar surface area (TPSA) is 127 Å². The molecule has 0 atom stereocenters. The van der Waals surface area contributed by atoms with E-state index in [1.54, 1.807) is 22.9 Å². The summed E-state index contributed by atoms with van der Waals surface area (Å²) in [6, 6.07) is 3.89. The summed E-state index contributed by atoms with van der Waals surface area (Å²) in [6.45, 7) is 2.94. The van der Waals surface area contributed by atoms with E-state index in [0.29, 0.717) is 30.3 Å². The summed E-state index contributed by atoms with van der Waals surface area (Å²) in [5, 5.41) is 0. The first kappa shape index (κ1) is 19.3. The van der Waals surface area contributed by atoms with Crippen LogP contribution in [0.25, 0.3) is 11.2 Å². The lowest BCUT2D eigenvalue weighted by molar-refractivity contribution is 0.0594. The van der Waals surface area contributed by atoms with E-state index in [1.807, 2.05) is 0 Å². The highest BCUT2D eigenvalue weighted by molar-refractivity contribution is 5.87. The van der Waals surface area contributed by atoms with Crippen LogP contribution in [-0.2, 0) is 11.3 Å². The molecule has 3 aromatic heterocycles. The smallest absolute Gasteiger partial charge is 0.356 e. The highest BCUT2D eigenvalue weighted by Crippen LogP contribution is 2.26. The number of carbonyl (C=O) groups excluding carboxylic acids is 1. The Morgan fingerprint density at radius 1 is 1.21 bits per heavy atom. The number of nitrogens with zero attached hydrogens (tertiary/aromatic N) is 5. The lowest BCUT2D eigenvalue weighted by Gasteiger charge is -2.09. The van der Waals surface area contributed by atoms with E-state index in [0.717, 1.165) is 18.4 Å². The summed E-state index contributed by atoms with van der Waals surface area (Å²) in [5.74, 6) is -0.278. The number of nitrogen functional groups attached to an aromatic ring is 1. The highest BCUT2D eigenvalue weighted by atomic mass is 16.5. The van der Waals surface area contributed by atoms with Crippen molar-refractivity contribution in [3.05, 3.63) is 29.6 Å². The molecule has 28 heavy (non-hydrogen) atoms. The second-order valence-corrected chi connectivity index (χ2v) is 5.99. The van der Waals surface area contributed by atoms with Crippen molar-refractivity contribution in [1.29, 1.82) is 0 Å². The second kappa shape index (κ2) is 8.51. The van der Waals surface area contributed by atoms with Crippen molar-refractivity contribution in [3.8, 4) is 12.0 Å². The van der Waals surface area contributed by atoms with Crippen LogP contribution in [0.4, 0.5) is 5.82 Å². The van der Waals surface area contributed by atoms with Crippen LogP contribution in [0.2, 0.25) is 0 Å². The number of nitrogens with two attached hydrogens (primary N) is 1. The number of aromatic nitrogens is 5. The SMILES string of the molecule is CCCCOc1nc(N)c2nc(OC)n(Cc3ccc(C(=O)OC)nc3)c2n1. The van der Waals surface area contributed by atoms with E-state index in [9.17, 15) is 4.79 Å². The molecule has 3 aromatic rings. The number of rotatable bonds is 8. The van der Waals surface area contributed by atoms with Crippen LogP contribution in [0.15, 0.2) is 18.3 Å². The Hall–Kier alpha value is -3.43. The van der Waals surface area contributed by atoms with Crippen LogP contribution in [0.5, 0.6) is 12.0 Å². The Morgan fingerprint density at radius 3 is 2.68 bits per heavy atom. The van der Waals surface area contributed by atoms with Crippen LogP contribution in [0, 0.1) is 0 Å². The second-order valence-electron chi connectivity index (χ2n) is 5.99. The first-order valence-corrected chi connectivity index (χ1v) is 8.81. The van der Waals surface area contributed by atoms with Crippen molar-refractivity contribution in [2.45, 2.75) is 26.3 Å². The molecule has 3 rings (SSSR count). The predicted octanol–water partition coefficient (Wildman–Crippen LogP) is 1.83. The quantitative estimate of drug-likeness (QED) is 0.455. The Balaban J connectivity index is 1.95. The molecule has 2 N–H and O–H groups in total. The van der Waals surface area contributed by atoms with E-state index in [1.165, 1.54) is 14.2 Å². The summed E-state index contributed by atoms with van der Waals surface area (Å²) < 4.78 is 17.4. The first-order valence-electron chi connectivity index (χ1n) is 8.81. The molecule has 0 fully saturated rings. The molecule has 0 bridgehead atoms. The molecule has 10 nitrogen and oxygen atoms in total. The van der Waals surface area contributed by atoms with E-state index in [4.69, 9.17) is 15.2 Å². The minimum atomic E-state index is -0.494. The molecule has 0 spiro atoms. The molecule has 0 aromatic carbocycles. The number of carbonyl (C=O) groups is 1. The molecule has 3 heterocycles. The molecular weight excluding hydrogens is 364 g/mol. The van der Waals surface area contributed by atoms with Gasteiger partial charge in [0.1, 0.15) is 5.69 Å². The van der Waals surface area contributed by atoms with Gasteiger partial charge in [-0.1, -0.05) is 19.4 Å². The number of methoxy groups -OCH3 is 2. The third-order valence-electron chi connectivity index (χ3n) is 4.04. The Bertz CT molecular complexity index is 970. The number of hydrogen-bond acceptors (Lipinski definition) is 9. The van der Waals surface area contributed by atoms with Gasteiger partial charge in [-0.15, -0.1) is 0 Å². The van der Waals surface area contributed by atoms with Crippen molar-refractivity contribution in [3.63, 3.8) is 0 Å². The van der Waals surface area contributed by atoms with Gasteiger partial charge in [-0.05, 0) is 18.1 Å². The number of imidazole rings is 1. The van der Waals surface area contributed by atoms with Gasteiger partial charge in [0, 0.05) is 6.20 Å². The number of unbranched alkanes of at least 4 members (excludes halogenated alkanes) is 1. The molecule has 0 aliphatic rings. The number of fused-ring (bicyclic) bond motifs is 1. The van der Waals surface area contributed by atoms with Crippen molar-refractivity contribution in [2.24, 2.45) is 0 Å². The van der Waals surface area contributed by atoms with Gasteiger partial charge in [-0.25, -0.2) is 9.78 Å². The monoisotopic (exact) mass is 386 g/mol.